The van der Waals surface area contributed by atoms with Crippen LogP contribution in [0.3, 0.4) is 0 Å². The van der Waals surface area contributed by atoms with Crippen LogP contribution in [0.4, 0.5) is 0 Å². The molecular formula is C13H20N4O2. The van der Waals surface area contributed by atoms with Crippen molar-refractivity contribution < 1.29 is 9.90 Å². The molecule has 19 heavy (non-hydrogen) atoms. The Labute approximate surface area is 113 Å². The molecule has 0 spiro atoms. The SMILES string of the molecule is C1N2CN3CN1CN(C2)C3.C=O.Oc1ccccc1. The Kier molecular flexibility index (Phi) is 4.86. The lowest BCUT2D eigenvalue weighted by molar-refractivity contribution is -0.194. The lowest BCUT2D eigenvalue weighted by Crippen LogP contribution is -2.71. The third-order valence-corrected chi connectivity index (χ3v) is 3.16. The van der Waals surface area contributed by atoms with Gasteiger partial charge in [-0.3, -0.25) is 19.6 Å². The zero-order chi connectivity index (χ0) is 13.7. The van der Waals surface area contributed by atoms with E-state index in [1.165, 1.54) is 40.0 Å². The van der Waals surface area contributed by atoms with Crippen molar-refractivity contribution in [3.8, 4) is 5.75 Å². The third-order valence-electron chi connectivity index (χ3n) is 3.16. The summed E-state index contributed by atoms with van der Waals surface area (Å²) in [7, 11) is 0. The lowest BCUT2D eigenvalue weighted by Gasteiger charge is -2.56. The van der Waals surface area contributed by atoms with Crippen molar-refractivity contribution in [3.63, 3.8) is 0 Å². The molecule has 1 N–H and O–H groups in total. The van der Waals surface area contributed by atoms with Crippen molar-refractivity contribution in [2.45, 2.75) is 0 Å². The number of carbonyl (C=O) groups excluding carboxylic acids is 1. The van der Waals surface area contributed by atoms with Crippen molar-refractivity contribution in [2.75, 3.05) is 40.0 Å². The summed E-state index contributed by atoms with van der Waals surface area (Å²) in [6.45, 7) is 9.12. The molecule has 0 atom stereocenters. The van der Waals surface area contributed by atoms with Gasteiger partial charge in [0.15, 0.2) is 0 Å². The van der Waals surface area contributed by atoms with Crippen LogP contribution in [-0.4, -0.2) is 71.5 Å². The van der Waals surface area contributed by atoms with Crippen LogP contribution < -0.4 is 0 Å². The fourth-order valence-corrected chi connectivity index (χ4v) is 2.66. The van der Waals surface area contributed by atoms with Gasteiger partial charge in [-0.15, -0.1) is 0 Å². The van der Waals surface area contributed by atoms with E-state index in [2.05, 4.69) is 19.6 Å². The van der Waals surface area contributed by atoms with Crippen LogP contribution in [0.5, 0.6) is 5.75 Å². The summed E-state index contributed by atoms with van der Waals surface area (Å²) in [5, 5.41) is 8.63. The number of nitrogens with zero attached hydrogens (tertiary/aromatic N) is 4. The third kappa shape index (κ3) is 3.74. The van der Waals surface area contributed by atoms with E-state index in [9.17, 15) is 0 Å². The molecule has 104 valence electrons. The lowest BCUT2D eigenvalue weighted by atomic mass is 10.3. The summed E-state index contributed by atoms with van der Waals surface area (Å²) < 4.78 is 0. The van der Waals surface area contributed by atoms with Crippen LogP contribution in [0.15, 0.2) is 30.3 Å². The second-order valence-corrected chi connectivity index (χ2v) is 4.87. The van der Waals surface area contributed by atoms with Gasteiger partial charge in [-0.25, -0.2) is 0 Å². The van der Waals surface area contributed by atoms with Gasteiger partial charge in [-0.05, 0) is 12.1 Å². The summed E-state index contributed by atoms with van der Waals surface area (Å²) in [6, 6.07) is 8.71. The monoisotopic (exact) mass is 264 g/mol. The minimum Gasteiger partial charge on any atom is -0.508 e. The first-order valence-corrected chi connectivity index (χ1v) is 6.22. The van der Waals surface area contributed by atoms with Crippen LogP contribution in [0.1, 0.15) is 0 Å². The van der Waals surface area contributed by atoms with Gasteiger partial charge in [-0.2, -0.15) is 0 Å². The molecule has 4 bridgehead atoms. The summed E-state index contributed by atoms with van der Waals surface area (Å²) >= 11 is 0. The largest absolute Gasteiger partial charge is 0.508 e. The molecule has 4 saturated heterocycles. The van der Waals surface area contributed by atoms with Gasteiger partial charge in [-0.1, -0.05) is 18.2 Å². The van der Waals surface area contributed by atoms with E-state index < -0.39 is 0 Å². The minimum atomic E-state index is 0.322. The zero-order valence-corrected chi connectivity index (χ0v) is 11.0. The van der Waals surface area contributed by atoms with E-state index >= 15 is 0 Å². The maximum absolute atomic E-state index is 8.63. The molecule has 1 aromatic carbocycles. The molecule has 4 aliphatic rings. The molecule has 0 aromatic heterocycles. The van der Waals surface area contributed by atoms with Crippen molar-refractivity contribution in [1.82, 2.24) is 19.6 Å². The fraction of sp³-hybridized carbons (Fsp3) is 0.462. The van der Waals surface area contributed by atoms with Crippen LogP contribution in [0.2, 0.25) is 0 Å². The summed E-state index contributed by atoms with van der Waals surface area (Å²) in [5.74, 6) is 0.322. The van der Waals surface area contributed by atoms with Gasteiger partial charge in [0.1, 0.15) is 12.5 Å². The first-order valence-electron chi connectivity index (χ1n) is 6.22. The van der Waals surface area contributed by atoms with Gasteiger partial charge in [0.05, 0.1) is 40.0 Å². The summed E-state index contributed by atoms with van der Waals surface area (Å²) in [5.41, 5.74) is 0. The number of aromatic hydroxyl groups is 1. The van der Waals surface area contributed by atoms with Crippen LogP contribution in [0, 0.1) is 0 Å². The van der Waals surface area contributed by atoms with Gasteiger partial charge < -0.3 is 9.90 Å². The number of benzene rings is 1. The number of hydrogen-bond donors (Lipinski definition) is 1. The summed E-state index contributed by atoms with van der Waals surface area (Å²) in [6.07, 6.45) is 0. The predicted octanol–water partition coefficient (Wildman–Crippen LogP) is 0.188. The highest BCUT2D eigenvalue weighted by Crippen LogP contribution is 2.20. The van der Waals surface area contributed by atoms with E-state index in [0.29, 0.717) is 5.75 Å². The number of carbonyl (C=O) groups is 1. The quantitative estimate of drug-likeness (QED) is 0.722. The molecule has 0 unspecified atom stereocenters. The zero-order valence-electron chi connectivity index (χ0n) is 11.0. The van der Waals surface area contributed by atoms with Crippen LogP contribution in [0.25, 0.3) is 0 Å². The minimum absolute atomic E-state index is 0.322. The number of hydrogen-bond acceptors (Lipinski definition) is 6. The van der Waals surface area contributed by atoms with Crippen molar-refractivity contribution in [2.24, 2.45) is 0 Å². The Morgan fingerprint density at radius 2 is 1.05 bits per heavy atom. The molecular weight excluding hydrogens is 244 g/mol. The highest BCUT2D eigenvalue weighted by molar-refractivity contribution is 5.18. The predicted molar refractivity (Wildman–Crippen MR) is 71.8 cm³/mol. The average Bonchev–Trinajstić information content (AvgIpc) is 2.41. The normalized spacial score (nSPS) is 33.7. The Morgan fingerprint density at radius 3 is 1.26 bits per heavy atom. The fourth-order valence-electron chi connectivity index (χ4n) is 2.66. The van der Waals surface area contributed by atoms with Crippen LogP contribution >= 0.6 is 0 Å². The average molecular weight is 264 g/mol. The molecule has 4 heterocycles. The number of rotatable bonds is 0. The van der Waals surface area contributed by atoms with E-state index in [1.54, 1.807) is 24.3 Å². The highest BCUT2D eigenvalue weighted by atomic mass is 16.3. The highest BCUT2D eigenvalue weighted by Gasteiger charge is 2.36. The number of para-hydroxylation sites is 1. The number of phenolic OH excluding ortho intramolecular Hbond substituents is 1. The van der Waals surface area contributed by atoms with Gasteiger partial charge in [0.2, 0.25) is 0 Å². The molecule has 4 aliphatic heterocycles. The van der Waals surface area contributed by atoms with Crippen molar-refractivity contribution >= 4 is 6.79 Å². The van der Waals surface area contributed by atoms with Crippen molar-refractivity contribution in [1.29, 1.82) is 0 Å². The molecule has 4 fully saturated rings. The topological polar surface area (TPSA) is 50.3 Å². The van der Waals surface area contributed by atoms with Gasteiger partial charge in [0.25, 0.3) is 0 Å². The molecule has 6 nitrogen and oxygen atoms in total. The molecule has 5 rings (SSSR count). The van der Waals surface area contributed by atoms with E-state index in [1.807, 2.05) is 12.9 Å². The Hall–Kier alpha value is -1.47. The van der Waals surface area contributed by atoms with E-state index in [-0.39, 0.29) is 0 Å². The molecule has 0 saturated carbocycles. The van der Waals surface area contributed by atoms with Gasteiger partial charge >= 0.3 is 0 Å². The maximum atomic E-state index is 8.63. The van der Waals surface area contributed by atoms with Crippen molar-refractivity contribution in [3.05, 3.63) is 30.3 Å². The standard InChI is InChI=1S/C6H12N4.C6H6O.CH2O/c1-7-2-9-4-8(1)5-10(3-7)6-9;7-6-4-2-1-3-5-6;1-2/h1-6H2;1-5,7H;1H2. The Morgan fingerprint density at radius 1 is 0.737 bits per heavy atom. The van der Waals surface area contributed by atoms with E-state index in [0.717, 1.165) is 0 Å². The first kappa shape index (κ1) is 14.0. The molecule has 0 aliphatic carbocycles. The smallest absolute Gasteiger partial charge is 0.115 e. The second kappa shape index (κ2) is 6.63. The Bertz CT molecular complexity index is 331. The summed E-state index contributed by atoms with van der Waals surface area (Å²) in [4.78, 5) is 17.9. The van der Waals surface area contributed by atoms with Gasteiger partial charge in [0, 0.05) is 0 Å². The first-order chi connectivity index (χ1) is 9.29. The molecule has 1 aromatic rings. The molecule has 0 radical (unpaired) electrons. The number of phenols is 1. The van der Waals surface area contributed by atoms with E-state index in [4.69, 9.17) is 9.90 Å². The molecule has 0 amide bonds. The van der Waals surface area contributed by atoms with Crippen LogP contribution in [-0.2, 0) is 4.79 Å². The maximum Gasteiger partial charge on any atom is 0.115 e. The second-order valence-electron chi connectivity index (χ2n) is 4.87. The Balaban J connectivity index is 0.000000132. The molecule has 6 heteroatoms.